The highest BCUT2D eigenvalue weighted by molar-refractivity contribution is 5.88. The van der Waals surface area contributed by atoms with Crippen molar-refractivity contribution < 1.29 is 9.90 Å². The zero-order chi connectivity index (χ0) is 9.97. The molecule has 0 radical (unpaired) electrons. The summed E-state index contributed by atoms with van der Waals surface area (Å²) in [7, 11) is 0. The molecule has 1 aromatic rings. The fourth-order valence-corrected chi connectivity index (χ4v) is 1.30. The molecule has 0 aliphatic carbocycles. The van der Waals surface area contributed by atoms with E-state index < -0.39 is 5.97 Å². The van der Waals surface area contributed by atoms with Crippen molar-refractivity contribution in [2.75, 3.05) is 11.6 Å². The molecule has 0 aromatic heterocycles. The predicted octanol–water partition coefficient (Wildman–Crippen LogP) is 0.980. The second-order valence-corrected chi connectivity index (χ2v) is 3.00. The first kappa shape index (κ1) is 8.77. The van der Waals surface area contributed by atoms with E-state index in [9.17, 15) is 4.79 Å². The monoisotopic (exact) mass is 190 g/mol. The second-order valence-electron chi connectivity index (χ2n) is 3.00. The second kappa shape index (κ2) is 3.51. The molecule has 4 nitrogen and oxygen atoms in total. The van der Waals surface area contributed by atoms with E-state index in [0.29, 0.717) is 12.1 Å². The van der Waals surface area contributed by atoms with E-state index in [4.69, 9.17) is 5.11 Å². The normalized spacial score (nSPS) is 15.4. The number of carbonyl (C=O) groups is 1. The van der Waals surface area contributed by atoms with Crippen LogP contribution in [-0.4, -0.2) is 17.6 Å². The Kier molecular flexibility index (Phi) is 2.20. The van der Waals surface area contributed by atoms with Gasteiger partial charge in [-0.1, -0.05) is 18.2 Å². The van der Waals surface area contributed by atoms with Gasteiger partial charge < -0.3 is 5.11 Å². The van der Waals surface area contributed by atoms with E-state index in [2.05, 4.69) is 5.43 Å². The molecule has 2 N–H and O–H groups in total. The summed E-state index contributed by atoms with van der Waals surface area (Å²) in [6.45, 7) is 0.365. The number of benzene rings is 1. The summed E-state index contributed by atoms with van der Waals surface area (Å²) in [5, 5.41) is 10.5. The summed E-state index contributed by atoms with van der Waals surface area (Å²) >= 11 is 0. The molecule has 0 amide bonds. The molecule has 0 bridgehead atoms. The number of hydrazine groups is 1. The first-order chi connectivity index (χ1) is 6.77. The Morgan fingerprint density at radius 3 is 2.64 bits per heavy atom. The van der Waals surface area contributed by atoms with E-state index in [-0.39, 0.29) is 0 Å². The van der Waals surface area contributed by atoms with Crippen LogP contribution in [0.2, 0.25) is 0 Å². The first-order valence-corrected chi connectivity index (χ1v) is 4.29. The minimum atomic E-state index is -0.879. The average molecular weight is 190 g/mol. The molecule has 0 fully saturated rings. The molecule has 1 heterocycles. The summed E-state index contributed by atoms with van der Waals surface area (Å²) in [5.74, 6) is -0.879. The van der Waals surface area contributed by atoms with Gasteiger partial charge in [0.25, 0.3) is 0 Å². The molecule has 0 saturated carbocycles. The Morgan fingerprint density at radius 1 is 1.36 bits per heavy atom. The van der Waals surface area contributed by atoms with Crippen LogP contribution in [0.5, 0.6) is 0 Å². The van der Waals surface area contributed by atoms with Crippen molar-refractivity contribution in [3.05, 3.63) is 42.1 Å². The minimum Gasteiger partial charge on any atom is -0.478 e. The summed E-state index contributed by atoms with van der Waals surface area (Å²) in [6.07, 6.45) is 1.59. The molecule has 1 aromatic carbocycles. The molecule has 0 saturated heterocycles. The van der Waals surface area contributed by atoms with Gasteiger partial charge in [0.2, 0.25) is 0 Å². The van der Waals surface area contributed by atoms with Crippen LogP contribution in [0, 0.1) is 0 Å². The molecule has 14 heavy (non-hydrogen) atoms. The largest absolute Gasteiger partial charge is 0.478 e. The lowest BCUT2D eigenvalue weighted by atomic mass is 10.3. The fourth-order valence-electron chi connectivity index (χ4n) is 1.30. The van der Waals surface area contributed by atoms with Gasteiger partial charge in [-0.15, -0.1) is 0 Å². The van der Waals surface area contributed by atoms with Crippen LogP contribution in [0.3, 0.4) is 0 Å². The van der Waals surface area contributed by atoms with E-state index in [0.717, 1.165) is 5.69 Å². The van der Waals surface area contributed by atoms with Gasteiger partial charge in [-0.25, -0.2) is 10.2 Å². The zero-order valence-corrected chi connectivity index (χ0v) is 7.47. The van der Waals surface area contributed by atoms with E-state index in [1.54, 1.807) is 11.2 Å². The first-order valence-electron chi connectivity index (χ1n) is 4.29. The van der Waals surface area contributed by atoms with Crippen LogP contribution >= 0.6 is 0 Å². The van der Waals surface area contributed by atoms with Gasteiger partial charge in [-0.3, -0.25) is 5.01 Å². The standard InChI is InChI=1S/C10H10N2O2/c13-10(14)8-6-11-12(7-8)9-4-2-1-3-5-9/h1-5,7,11H,6H2,(H,13,14). The number of carboxylic acid groups (broad SMARTS) is 1. The lowest BCUT2D eigenvalue weighted by Crippen LogP contribution is -2.28. The third-order valence-electron chi connectivity index (χ3n) is 2.03. The Bertz CT molecular complexity index is 373. The number of nitrogens with one attached hydrogen (secondary N) is 1. The molecule has 0 spiro atoms. The Hall–Kier alpha value is -1.81. The molecule has 0 atom stereocenters. The predicted molar refractivity (Wildman–Crippen MR) is 52.6 cm³/mol. The molecule has 2 rings (SSSR count). The summed E-state index contributed by atoms with van der Waals surface area (Å²) in [5.41, 5.74) is 4.27. The Labute approximate surface area is 81.4 Å². The van der Waals surface area contributed by atoms with E-state index >= 15 is 0 Å². The van der Waals surface area contributed by atoms with Crippen molar-refractivity contribution in [1.29, 1.82) is 0 Å². The zero-order valence-electron chi connectivity index (χ0n) is 7.47. The van der Waals surface area contributed by atoms with Crippen molar-refractivity contribution in [2.45, 2.75) is 0 Å². The van der Waals surface area contributed by atoms with Gasteiger partial charge in [0.1, 0.15) is 0 Å². The molecule has 1 aliphatic heterocycles. The number of anilines is 1. The minimum absolute atomic E-state index is 0.365. The summed E-state index contributed by atoms with van der Waals surface area (Å²) in [6, 6.07) is 9.55. The van der Waals surface area contributed by atoms with Crippen LogP contribution in [0.4, 0.5) is 5.69 Å². The molecular weight excluding hydrogens is 180 g/mol. The highest BCUT2D eigenvalue weighted by Gasteiger charge is 2.17. The fraction of sp³-hybridized carbons (Fsp3) is 0.100. The Morgan fingerprint density at radius 2 is 2.07 bits per heavy atom. The highest BCUT2D eigenvalue weighted by Crippen LogP contribution is 2.16. The highest BCUT2D eigenvalue weighted by atomic mass is 16.4. The number of para-hydroxylation sites is 1. The molecule has 72 valence electrons. The number of aliphatic carboxylic acids is 1. The number of nitrogens with zero attached hydrogens (tertiary/aromatic N) is 1. The van der Waals surface area contributed by atoms with Gasteiger partial charge in [0.05, 0.1) is 11.3 Å². The van der Waals surface area contributed by atoms with Crippen molar-refractivity contribution in [1.82, 2.24) is 5.43 Å². The smallest absolute Gasteiger partial charge is 0.334 e. The lowest BCUT2D eigenvalue weighted by molar-refractivity contribution is -0.132. The maximum absolute atomic E-state index is 10.6. The molecular formula is C10H10N2O2. The van der Waals surface area contributed by atoms with Crippen molar-refractivity contribution in [3.63, 3.8) is 0 Å². The van der Waals surface area contributed by atoms with Gasteiger partial charge >= 0.3 is 5.97 Å². The summed E-state index contributed by atoms with van der Waals surface area (Å²) in [4.78, 5) is 10.6. The average Bonchev–Trinajstić information content (AvgIpc) is 2.68. The van der Waals surface area contributed by atoms with Crippen molar-refractivity contribution >= 4 is 11.7 Å². The topological polar surface area (TPSA) is 52.6 Å². The molecule has 4 heteroatoms. The van der Waals surface area contributed by atoms with Crippen molar-refractivity contribution in [2.24, 2.45) is 0 Å². The number of rotatable bonds is 2. The Balaban J connectivity index is 2.20. The lowest BCUT2D eigenvalue weighted by Gasteiger charge is -2.14. The number of hydrogen-bond donors (Lipinski definition) is 2. The third kappa shape index (κ3) is 1.60. The van der Waals surface area contributed by atoms with Crippen LogP contribution in [-0.2, 0) is 4.79 Å². The van der Waals surface area contributed by atoms with Gasteiger partial charge in [0, 0.05) is 12.7 Å². The van der Waals surface area contributed by atoms with Crippen LogP contribution in [0.15, 0.2) is 42.1 Å². The van der Waals surface area contributed by atoms with E-state index in [1.807, 2.05) is 30.3 Å². The van der Waals surface area contributed by atoms with Crippen LogP contribution in [0.25, 0.3) is 0 Å². The summed E-state index contributed by atoms with van der Waals surface area (Å²) < 4.78 is 0. The van der Waals surface area contributed by atoms with Gasteiger partial charge in [-0.05, 0) is 12.1 Å². The number of carboxylic acids is 1. The van der Waals surface area contributed by atoms with Gasteiger partial charge in [-0.2, -0.15) is 0 Å². The number of hydrogen-bond acceptors (Lipinski definition) is 3. The van der Waals surface area contributed by atoms with Gasteiger partial charge in [0.15, 0.2) is 0 Å². The van der Waals surface area contributed by atoms with Crippen LogP contribution < -0.4 is 10.4 Å². The van der Waals surface area contributed by atoms with Crippen molar-refractivity contribution in [3.8, 4) is 0 Å². The molecule has 0 unspecified atom stereocenters. The quantitative estimate of drug-likeness (QED) is 0.730. The maximum atomic E-state index is 10.6. The van der Waals surface area contributed by atoms with E-state index in [1.165, 1.54) is 0 Å². The SMILES string of the molecule is O=C(O)C1=CN(c2ccccc2)NC1. The molecule has 1 aliphatic rings. The van der Waals surface area contributed by atoms with Crippen LogP contribution in [0.1, 0.15) is 0 Å². The maximum Gasteiger partial charge on any atom is 0.334 e. The third-order valence-corrected chi connectivity index (χ3v) is 2.03.